The maximum atomic E-state index is 5.06. The zero-order chi connectivity index (χ0) is 16.4. The monoisotopic (exact) mass is 319 g/mol. The summed E-state index contributed by atoms with van der Waals surface area (Å²) in [5, 5.41) is 0. The van der Waals surface area contributed by atoms with Crippen LogP contribution in [-0.2, 0) is 0 Å². The van der Waals surface area contributed by atoms with E-state index in [-0.39, 0.29) is 0 Å². The fourth-order valence-electron chi connectivity index (χ4n) is 3.98. The summed E-state index contributed by atoms with van der Waals surface area (Å²) in [5.41, 5.74) is 5.47. The third-order valence-corrected chi connectivity index (χ3v) is 5.24. The van der Waals surface area contributed by atoms with Crippen molar-refractivity contribution >= 4 is 5.65 Å². The zero-order valence-corrected chi connectivity index (χ0v) is 14.4. The first-order valence-corrected chi connectivity index (χ1v) is 9.24. The molecule has 124 valence electrons. The highest BCUT2D eigenvalue weighted by Gasteiger charge is 2.17. The van der Waals surface area contributed by atoms with Crippen molar-refractivity contribution in [2.45, 2.75) is 57.8 Å². The molecule has 3 aromatic rings. The Bertz CT molecular complexity index is 826. The Kier molecular flexibility index (Phi) is 4.33. The number of pyridine rings is 2. The van der Waals surface area contributed by atoms with Crippen LogP contribution < -0.4 is 0 Å². The number of aryl methyl sites for hydroxylation is 1. The maximum Gasteiger partial charge on any atom is 0.137 e. The number of fused-ring (bicyclic) bond motifs is 1. The summed E-state index contributed by atoms with van der Waals surface area (Å²) >= 11 is 0. The predicted molar refractivity (Wildman–Crippen MR) is 98.2 cm³/mol. The quantitative estimate of drug-likeness (QED) is 0.621. The molecule has 0 radical (unpaired) electrons. The van der Waals surface area contributed by atoms with Crippen molar-refractivity contribution in [1.29, 1.82) is 0 Å². The molecule has 0 bridgehead atoms. The van der Waals surface area contributed by atoms with E-state index in [0.717, 1.165) is 22.7 Å². The van der Waals surface area contributed by atoms with Crippen LogP contribution in [0.5, 0.6) is 0 Å². The second kappa shape index (κ2) is 6.76. The molecule has 1 aliphatic carbocycles. The van der Waals surface area contributed by atoms with E-state index in [1.54, 1.807) is 0 Å². The number of imidazole rings is 1. The van der Waals surface area contributed by atoms with Gasteiger partial charge < -0.3 is 0 Å². The van der Waals surface area contributed by atoms with Gasteiger partial charge in [0.25, 0.3) is 0 Å². The SMILES string of the molecule is Cc1nc2ccccn2c1-c1cccc(C2CCCCCCC2)n1. The van der Waals surface area contributed by atoms with Crippen LogP contribution in [-0.4, -0.2) is 14.4 Å². The molecule has 0 spiro atoms. The molecule has 1 fully saturated rings. The van der Waals surface area contributed by atoms with Crippen LogP contribution >= 0.6 is 0 Å². The van der Waals surface area contributed by atoms with Crippen molar-refractivity contribution in [1.82, 2.24) is 14.4 Å². The molecule has 3 heterocycles. The number of hydrogen-bond acceptors (Lipinski definition) is 2. The standard InChI is InChI=1S/C21H25N3/c1-16-21(24-15-8-7-14-20(24)22-16)19-13-9-12-18(23-19)17-10-5-3-2-4-6-11-17/h7-9,12-15,17H,2-6,10-11H2,1H3. The van der Waals surface area contributed by atoms with E-state index in [1.807, 2.05) is 6.07 Å². The van der Waals surface area contributed by atoms with Crippen LogP contribution in [0.3, 0.4) is 0 Å². The topological polar surface area (TPSA) is 30.2 Å². The van der Waals surface area contributed by atoms with Crippen molar-refractivity contribution in [3.63, 3.8) is 0 Å². The van der Waals surface area contributed by atoms with Gasteiger partial charge in [-0.25, -0.2) is 4.98 Å². The van der Waals surface area contributed by atoms with Crippen molar-refractivity contribution in [2.24, 2.45) is 0 Å². The molecule has 0 atom stereocenters. The average molecular weight is 319 g/mol. The highest BCUT2D eigenvalue weighted by atomic mass is 15.0. The highest BCUT2D eigenvalue weighted by molar-refractivity contribution is 5.64. The molecule has 24 heavy (non-hydrogen) atoms. The Morgan fingerprint density at radius 1 is 0.875 bits per heavy atom. The Morgan fingerprint density at radius 3 is 2.50 bits per heavy atom. The van der Waals surface area contributed by atoms with Crippen LogP contribution in [0.25, 0.3) is 17.0 Å². The third-order valence-electron chi connectivity index (χ3n) is 5.24. The Hall–Kier alpha value is -2.16. The van der Waals surface area contributed by atoms with E-state index in [4.69, 9.17) is 4.98 Å². The van der Waals surface area contributed by atoms with E-state index in [9.17, 15) is 0 Å². The Labute approximate surface area is 143 Å². The molecular formula is C21H25N3. The van der Waals surface area contributed by atoms with Crippen molar-refractivity contribution in [2.75, 3.05) is 0 Å². The van der Waals surface area contributed by atoms with Gasteiger partial charge in [0, 0.05) is 17.8 Å². The lowest BCUT2D eigenvalue weighted by Gasteiger charge is -2.19. The molecule has 3 heteroatoms. The largest absolute Gasteiger partial charge is 0.298 e. The third kappa shape index (κ3) is 2.95. The van der Waals surface area contributed by atoms with Gasteiger partial charge in [-0.2, -0.15) is 0 Å². The summed E-state index contributed by atoms with van der Waals surface area (Å²) in [4.78, 5) is 9.74. The second-order valence-electron chi connectivity index (χ2n) is 6.96. The maximum absolute atomic E-state index is 5.06. The summed E-state index contributed by atoms with van der Waals surface area (Å²) in [6, 6.07) is 12.6. The lowest BCUT2D eigenvalue weighted by Crippen LogP contribution is -2.05. The molecule has 0 unspecified atom stereocenters. The summed E-state index contributed by atoms with van der Waals surface area (Å²) < 4.78 is 2.15. The lowest BCUT2D eigenvalue weighted by atomic mass is 9.88. The van der Waals surface area contributed by atoms with Gasteiger partial charge in [-0.3, -0.25) is 9.38 Å². The minimum atomic E-state index is 0.616. The second-order valence-corrected chi connectivity index (χ2v) is 6.96. The number of rotatable bonds is 2. The number of nitrogens with zero attached hydrogens (tertiary/aromatic N) is 3. The molecule has 3 aromatic heterocycles. The van der Waals surface area contributed by atoms with Crippen LogP contribution in [0.15, 0.2) is 42.6 Å². The van der Waals surface area contributed by atoms with E-state index >= 15 is 0 Å². The molecule has 3 nitrogen and oxygen atoms in total. The predicted octanol–water partition coefficient (Wildman–Crippen LogP) is 5.53. The van der Waals surface area contributed by atoms with E-state index in [0.29, 0.717) is 5.92 Å². The Morgan fingerprint density at radius 2 is 1.67 bits per heavy atom. The van der Waals surface area contributed by atoms with Gasteiger partial charge in [-0.05, 0) is 44.0 Å². The van der Waals surface area contributed by atoms with E-state index in [1.165, 1.54) is 50.6 Å². The molecule has 1 aliphatic rings. The fourth-order valence-corrected chi connectivity index (χ4v) is 3.98. The molecule has 0 amide bonds. The smallest absolute Gasteiger partial charge is 0.137 e. The average Bonchev–Trinajstić information content (AvgIpc) is 2.90. The highest BCUT2D eigenvalue weighted by Crippen LogP contribution is 2.31. The van der Waals surface area contributed by atoms with Gasteiger partial charge in [0.1, 0.15) is 5.65 Å². The summed E-state index contributed by atoms with van der Waals surface area (Å²) in [6.45, 7) is 2.08. The minimum Gasteiger partial charge on any atom is -0.298 e. The van der Waals surface area contributed by atoms with Crippen molar-refractivity contribution in [3.8, 4) is 11.4 Å². The van der Waals surface area contributed by atoms with Gasteiger partial charge in [-0.15, -0.1) is 0 Å². The summed E-state index contributed by atoms with van der Waals surface area (Å²) in [6.07, 6.45) is 11.5. The van der Waals surface area contributed by atoms with Gasteiger partial charge in [0.2, 0.25) is 0 Å². The molecule has 0 N–H and O–H groups in total. The molecule has 4 rings (SSSR count). The number of hydrogen-bond donors (Lipinski definition) is 0. The summed E-state index contributed by atoms with van der Waals surface area (Å²) in [7, 11) is 0. The van der Waals surface area contributed by atoms with Crippen molar-refractivity contribution < 1.29 is 0 Å². The van der Waals surface area contributed by atoms with Gasteiger partial charge in [0.15, 0.2) is 0 Å². The number of aromatic nitrogens is 3. The zero-order valence-electron chi connectivity index (χ0n) is 14.4. The molecule has 0 saturated heterocycles. The normalized spacial score (nSPS) is 16.9. The molecule has 1 saturated carbocycles. The van der Waals surface area contributed by atoms with Crippen LogP contribution in [0, 0.1) is 6.92 Å². The van der Waals surface area contributed by atoms with E-state index in [2.05, 4.69) is 52.8 Å². The van der Waals surface area contributed by atoms with Crippen molar-refractivity contribution in [3.05, 3.63) is 54.0 Å². The van der Waals surface area contributed by atoms with Crippen LogP contribution in [0.1, 0.15) is 62.3 Å². The van der Waals surface area contributed by atoms with Gasteiger partial charge in [0.05, 0.1) is 17.1 Å². The summed E-state index contributed by atoms with van der Waals surface area (Å²) in [5.74, 6) is 0.616. The lowest BCUT2D eigenvalue weighted by molar-refractivity contribution is 0.450. The fraction of sp³-hybridized carbons (Fsp3) is 0.429. The van der Waals surface area contributed by atoms with Gasteiger partial charge >= 0.3 is 0 Å². The Balaban J connectivity index is 1.72. The minimum absolute atomic E-state index is 0.616. The molecule has 0 aliphatic heterocycles. The molecule has 0 aromatic carbocycles. The van der Waals surface area contributed by atoms with E-state index < -0.39 is 0 Å². The van der Waals surface area contributed by atoms with Crippen LogP contribution in [0.4, 0.5) is 0 Å². The first kappa shape index (κ1) is 15.4. The molecular weight excluding hydrogens is 294 g/mol. The van der Waals surface area contributed by atoms with Crippen LogP contribution in [0.2, 0.25) is 0 Å². The first-order chi connectivity index (χ1) is 11.8. The van der Waals surface area contributed by atoms with Gasteiger partial charge in [-0.1, -0.05) is 44.2 Å². The first-order valence-electron chi connectivity index (χ1n) is 9.24.